The highest BCUT2D eigenvalue weighted by Gasteiger charge is 2.46. The van der Waals surface area contributed by atoms with Gasteiger partial charge in [-0.05, 0) is 38.7 Å². The molecule has 0 unspecified atom stereocenters. The number of aryl methyl sites for hydroxylation is 2. The van der Waals surface area contributed by atoms with E-state index in [1.807, 2.05) is 18.1 Å². The van der Waals surface area contributed by atoms with E-state index in [-0.39, 0.29) is 11.1 Å². The van der Waals surface area contributed by atoms with Crippen molar-refractivity contribution in [1.82, 2.24) is 24.3 Å². The van der Waals surface area contributed by atoms with Gasteiger partial charge in [0.05, 0.1) is 34.8 Å². The highest BCUT2D eigenvalue weighted by Crippen LogP contribution is 2.44. The number of anilines is 2. The second-order valence-electron chi connectivity index (χ2n) is 10.8. The van der Waals surface area contributed by atoms with Crippen LogP contribution >= 0.6 is 0 Å². The fraction of sp³-hybridized carbons (Fsp3) is 0.429. The van der Waals surface area contributed by atoms with E-state index in [0.717, 1.165) is 17.3 Å². The Labute approximate surface area is 227 Å². The van der Waals surface area contributed by atoms with Gasteiger partial charge in [-0.15, -0.1) is 0 Å². The van der Waals surface area contributed by atoms with Gasteiger partial charge in [0, 0.05) is 31.5 Å². The highest BCUT2D eigenvalue weighted by molar-refractivity contribution is 5.97. The first-order valence-electron chi connectivity index (χ1n) is 13.2. The predicted octanol–water partition coefficient (Wildman–Crippen LogP) is 5.10. The molecule has 40 heavy (non-hydrogen) atoms. The number of alkyl halides is 3. The fourth-order valence-electron chi connectivity index (χ4n) is 5.60. The summed E-state index contributed by atoms with van der Waals surface area (Å²) in [6, 6.07) is 3.14. The average Bonchev–Trinajstić information content (AvgIpc) is 3.61. The number of fused-ring (bicyclic) bond motifs is 2. The molecule has 8 nitrogen and oxygen atoms in total. The molecule has 1 aliphatic heterocycles. The van der Waals surface area contributed by atoms with Crippen LogP contribution in [-0.2, 0) is 25.6 Å². The summed E-state index contributed by atoms with van der Waals surface area (Å²) in [5, 5.41) is 8.16. The third-order valence-electron chi connectivity index (χ3n) is 7.96. The van der Waals surface area contributed by atoms with E-state index in [1.165, 1.54) is 16.7 Å². The third kappa shape index (κ3) is 4.29. The summed E-state index contributed by atoms with van der Waals surface area (Å²) < 4.78 is 59.2. The molecule has 0 radical (unpaired) electrons. The molecule has 1 saturated carbocycles. The molecule has 1 aliphatic carbocycles. The summed E-state index contributed by atoms with van der Waals surface area (Å²) >= 11 is 0. The molecule has 0 amide bonds. The molecule has 3 aromatic heterocycles. The van der Waals surface area contributed by atoms with Crippen molar-refractivity contribution in [2.24, 2.45) is 7.05 Å². The van der Waals surface area contributed by atoms with E-state index >= 15 is 0 Å². The normalized spacial score (nSPS) is 16.9. The molecule has 1 aromatic carbocycles. The smallest absolute Gasteiger partial charge is 0.277 e. The van der Waals surface area contributed by atoms with Crippen LogP contribution in [0, 0.1) is 12.7 Å². The Bertz CT molecular complexity index is 1680. The summed E-state index contributed by atoms with van der Waals surface area (Å²) in [7, 11) is 1.85. The number of benzene rings is 1. The molecule has 0 bridgehead atoms. The number of nitrogens with zero attached hydrogens (tertiary/aromatic N) is 6. The van der Waals surface area contributed by atoms with Gasteiger partial charge in [0.1, 0.15) is 35.3 Å². The first-order chi connectivity index (χ1) is 19.1. The van der Waals surface area contributed by atoms with Gasteiger partial charge in [-0.3, -0.25) is 9.48 Å². The Balaban J connectivity index is 1.50. The maximum absolute atomic E-state index is 15.0. The van der Waals surface area contributed by atoms with Crippen molar-refractivity contribution in [2.75, 3.05) is 23.4 Å². The lowest BCUT2D eigenvalue weighted by Gasteiger charge is -2.30. The number of pyridine rings is 1. The first-order valence-corrected chi connectivity index (χ1v) is 13.2. The van der Waals surface area contributed by atoms with Gasteiger partial charge in [0.15, 0.2) is 0 Å². The molecule has 0 saturated heterocycles. The van der Waals surface area contributed by atoms with Gasteiger partial charge in [0.25, 0.3) is 12.0 Å². The van der Waals surface area contributed by atoms with Crippen molar-refractivity contribution < 1.29 is 17.6 Å². The molecule has 210 valence electrons. The Hall–Kier alpha value is -3.96. The zero-order valence-corrected chi connectivity index (χ0v) is 22.4. The van der Waals surface area contributed by atoms with Gasteiger partial charge in [-0.1, -0.05) is 18.2 Å². The van der Waals surface area contributed by atoms with E-state index < -0.39 is 36.1 Å². The number of nitrogens with one attached hydrogen (secondary N) is 1. The SMILES string of the molecule is Cc1nc(N[C@H](C)c2cccc(C(F)F)c2F)c2cn(C3(CF)CC3)c(=O)c(N3CCc4cn(C)nc4C3)c2n1. The number of hydrogen-bond donors (Lipinski definition) is 1. The number of hydrogen-bond acceptors (Lipinski definition) is 6. The minimum absolute atomic E-state index is 0.0527. The predicted molar refractivity (Wildman–Crippen MR) is 143 cm³/mol. The van der Waals surface area contributed by atoms with Gasteiger partial charge in [0.2, 0.25) is 0 Å². The molecule has 1 fully saturated rings. The van der Waals surface area contributed by atoms with Gasteiger partial charge in [-0.2, -0.15) is 5.10 Å². The molecule has 4 heterocycles. The Morgan fingerprint density at radius 1 is 1.15 bits per heavy atom. The fourth-order valence-corrected chi connectivity index (χ4v) is 5.60. The zero-order valence-electron chi connectivity index (χ0n) is 22.4. The van der Waals surface area contributed by atoms with Crippen LogP contribution in [0.2, 0.25) is 0 Å². The van der Waals surface area contributed by atoms with Gasteiger partial charge >= 0.3 is 0 Å². The van der Waals surface area contributed by atoms with Crippen LogP contribution in [0.4, 0.5) is 29.1 Å². The molecular weight excluding hydrogens is 526 g/mol. The molecular formula is C28H29F4N7O. The van der Waals surface area contributed by atoms with Crippen LogP contribution in [0.1, 0.15) is 60.4 Å². The van der Waals surface area contributed by atoms with Crippen LogP contribution in [-0.4, -0.2) is 37.5 Å². The highest BCUT2D eigenvalue weighted by atomic mass is 19.3. The quantitative estimate of drug-likeness (QED) is 0.320. The number of aromatic nitrogens is 5. The summed E-state index contributed by atoms with van der Waals surface area (Å²) in [6.07, 6.45) is 2.32. The van der Waals surface area contributed by atoms with Crippen LogP contribution in [0.5, 0.6) is 0 Å². The second-order valence-corrected chi connectivity index (χ2v) is 10.8. The summed E-state index contributed by atoms with van der Waals surface area (Å²) in [4.78, 5) is 25.1. The lowest BCUT2D eigenvalue weighted by atomic mass is 10.0. The van der Waals surface area contributed by atoms with E-state index in [0.29, 0.717) is 60.6 Å². The zero-order chi connectivity index (χ0) is 28.3. The Kier molecular flexibility index (Phi) is 6.30. The van der Waals surface area contributed by atoms with E-state index in [2.05, 4.69) is 20.4 Å². The van der Waals surface area contributed by atoms with Crippen LogP contribution in [0.3, 0.4) is 0 Å². The summed E-state index contributed by atoms with van der Waals surface area (Å²) in [6.45, 7) is 3.56. The summed E-state index contributed by atoms with van der Waals surface area (Å²) in [5.41, 5.74) is 0.791. The lowest BCUT2D eigenvalue weighted by molar-refractivity contribution is 0.146. The molecule has 12 heteroatoms. The number of rotatable bonds is 7. The van der Waals surface area contributed by atoms with Crippen molar-refractivity contribution in [3.8, 4) is 0 Å². The van der Waals surface area contributed by atoms with Crippen LogP contribution in [0.25, 0.3) is 10.9 Å². The number of halogens is 4. The van der Waals surface area contributed by atoms with E-state index in [4.69, 9.17) is 0 Å². The van der Waals surface area contributed by atoms with Crippen molar-refractivity contribution >= 4 is 22.4 Å². The minimum Gasteiger partial charge on any atom is -0.363 e. The first kappa shape index (κ1) is 26.3. The maximum Gasteiger partial charge on any atom is 0.277 e. The Morgan fingerprint density at radius 3 is 2.60 bits per heavy atom. The van der Waals surface area contributed by atoms with Crippen LogP contribution in [0.15, 0.2) is 35.4 Å². The molecule has 2 aliphatic rings. The van der Waals surface area contributed by atoms with Crippen LogP contribution < -0.4 is 15.8 Å². The molecule has 6 rings (SSSR count). The van der Waals surface area contributed by atoms with Crippen molar-refractivity contribution in [2.45, 2.75) is 57.7 Å². The van der Waals surface area contributed by atoms with Crippen molar-refractivity contribution in [3.05, 3.63) is 75.0 Å². The maximum atomic E-state index is 15.0. The largest absolute Gasteiger partial charge is 0.363 e. The standard InChI is InChI=1S/C28H29F4N7O/c1-15(18-5-4-6-19(22(18)30)25(31)32)33-26-20-12-39(28(14-29)8-9-28)27(40)24(23(20)34-16(2)35-26)38-10-7-17-11-37(3)36-21(17)13-38/h4-6,11-12,15,25H,7-10,13-14H2,1-3H3,(H,33,34,35)/t15-/m1/s1. The minimum atomic E-state index is -2.95. The van der Waals surface area contributed by atoms with Gasteiger partial charge in [-0.25, -0.2) is 27.5 Å². The van der Waals surface area contributed by atoms with Crippen molar-refractivity contribution in [3.63, 3.8) is 0 Å². The molecule has 1 N–H and O–H groups in total. The van der Waals surface area contributed by atoms with Crippen molar-refractivity contribution in [1.29, 1.82) is 0 Å². The summed E-state index contributed by atoms with van der Waals surface area (Å²) in [5.74, 6) is -0.319. The monoisotopic (exact) mass is 555 g/mol. The second kappa shape index (κ2) is 9.60. The lowest BCUT2D eigenvalue weighted by Crippen LogP contribution is -2.39. The third-order valence-corrected chi connectivity index (χ3v) is 7.96. The molecule has 0 spiro atoms. The Morgan fingerprint density at radius 2 is 1.90 bits per heavy atom. The van der Waals surface area contributed by atoms with E-state index in [9.17, 15) is 22.4 Å². The average molecular weight is 556 g/mol. The molecule has 1 atom stereocenters. The topological polar surface area (TPSA) is 80.9 Å². The van der Waals surface area contributed by atoms with Gasteiger partial charge < -0.3 is 14.8 Å². The molecule has 4 aromatic rings. The van der Waals surface area contributed by atoms with E-state index in [1.54, 1.807) is 24.7 Å².